The maximum Gasteiger partial charge on any atom is 0.251 e. The van der Waals surface area contributed by atoms with Gasteiger partial charge in [0.05, 0.1) is 18.8 Å². The molecule has 2 rings (SSSR count). The molecule has 0 radical (unpaired) electrons. The Bertz CT molecular complexity index is 653. The first-order valence-electron chi connectivity index (χ1n) is 7.55. The second kappa shape index (κ2) is 8.14. The van der Waals surface area contributed by atoms with Gasteiger partial charge in [0.15, 0.2) is 0 Å². The summed E-state index contributed by atoms with van der Waals surface area (Å²) in [4.78, 5) is 23.8. The standard InChI is InChI=1S/C17H21N3O3/c1-3-18-17(22)13-6-4-7-14(10-13)20-16(21)11-19-12(2)15-8-5-9-23-15/h4-10,12,19H,3,11H2,1-2H3,(H,18,22)(H,20,21)/t12-/m1/s1. The SMILES string of the molecule is CCNC(=O)c1cccc(NC(=O)CN[C@H](C)c2ccco2)c1. The third-order valence-electron chi connectivity index (χ3n) is 3.28. The van der Waals surface area contributed by atoms with E-state index in [0.29, 0.717) is 17.8 Å². The van der Waals surface area contributed by atoms with Crippen molar-refractivity contribution < 1.29 is 14.0 Å². The first-order valence-corrected chi connectivity index (χ1v) is 7.55. The van der Waals surface area contributed by atoms with E-state index in [-0.39, 0.29) is 24.4 Å². The van der Waals surface area contributed by atoms with Gasteiger partial charge in [-0.3, -0.25) is 14.9 Å². The monoisotopic (exact) mass is 315 g/mol. The number of anilines is 1. The second-order valence-electron chi connectivity index (χ2n) is 5.11. The number of carbonyl (C=O) groups excluding carboxylic acids is 2. The summed E-state index contributed by atoms with van der Waals surface area (Å²) < 4.78 is 5.27. The van der Waals surface area contributed by atoms with E-state index in [0.717, 1.165) is 5.76 Å². The fourth-order valence-electron chi connectivity index (χ4n) is 2.09. The molecule has 0 fully saturated rings. The summed E-state index contributed by atoms with van der Waals surface area (Å²) in [7, 11) is 0. The lowest BCUT2D eigenvalue weighted by Crippen LogP contribution is -2.30. The first kappa shape index (κ1) is 16.8. The summed E-state index contributed by atoms with van der Waals surface area (Å²) in [5.41, 5.74) is 1.10. The lowest BCUT2D eigenvalue weighted by molar-refractivity contribution is -0.115. The normalized spacial score (nSPS) is 11.7. The van der Waals surface area contributed by atoms with Crippen LogP contribution in [0, 0.1) is 0 Å². The minimum atomic E-state index is -0.184. The van der Waals surface area contributed by atoms with Crippen molar-refractivity contribution in [1.82, 2.24) is 10.6 Å². The molecule has 1 aromatic heterocycles. The minimum Gasteiger partial charge on any atom is -0.468 e. The van der Waals surface area contributed by atoms with E-state index in [2.05, 4.69) is 16.0 Å². The van der Waals surface area contributed by atoms with Crippen molar-refractivity contribution in [3.63, 3.8) is 0 Å². The number of furan rings is 1. The zero-order valence-electron chi connectivity index (χ0n) is 13.3. The number of amides is 2. The van der Waals surface area contributed by atoms with Crippen molar-refractivity contribution in [2.24, 2.45) is 0 Å². The van der Waals surface area contributed by atoms with Crippen LogP contribution in [0.1, 0.15) is 36.0 Å². The second-order valence-corrected chi connectivity index (χ2v) is 5.11. The molecule has 122 valence electrons. The summed E-state index contributed by atoms with van der Waals surface area (Å²) in [5, 5.41) is 8.57. The molecule has 6 heteroatoms. The molecule has 2 aromatic rings. The van der Waals surface area contributed by atoms with Gasteiger partial charge in [-0.1, -0.05) is 6.07 Å². The average molecular weight is 315 g/mol. The molecule has 0 saturated carbocycles. The van der Waals surface area contributed by atoms with Crippen molar-refractivity contribution in [3.8, 4) is 0 Å². The number of hydrogen-bond acceptors (Lipinski definition) is 4. The van der Waals surface area contributed by atoms with Crippen molar-refractivity contribution >= 4 is 17.5 Å². The minimum absolute atomic E-state index is 0.0579. The Morgan fingerprint density at radius 2 is 2.04 bits per heavy atom. The van der Waals surface area contributed by atoms with Crippen molar-refractivity contribution in [3.05, 3.63) is 54.0 Å². The molecule has 23 heavy (non-hydrogen) atoms. The van der Waals surface area contributed by atoms with Gasteiger partial charge in [-0.25, -0.2) is 0 Å². The first-order chi connectivity index (χ1) is 11.1. The summed E-state index contributed by atoms with van der Waals surface area (Å²) in [6.45, 7) is 4.48. The molecule has 0 aliphatic heterocycles. The van der Waals surface area contributed by atoms with Crippen LogP contribution < -0.4 is 16.0 Å². The zero-order valence-corrected chi connectivity index (χ0v) is 13.3. The fourth-order valence-corrected chi connectivity index (χ4v) is 2.09. The molecule has 2 amide bonds. The van der Waals surface area contributed by atoms with Crippen LogP contribution in [0.5, 0.6) is 0 Å². The molecule has 1 heterocycles. The Morgan fingerprint density at radius 3 is 2.74 bits per heavy atom. The Kier molecular flexibility index (Phi) is 5.94. The van der Waals surface area contributed by atoms with E-state index in [9.17, 15) is 9.59 Å². The third kappa shape index (κ3) is 4.96. The van der Waals surface area contributed by atoms with Gasteiger partial charge in [0.25, 0.3) is 5.91 Å². The zero-order chi connectivity index (χ0) is 16.7. The number of rotatable bonds is 7. The molecular formula is C17H21N3O3. The predicted octanol–water partition coefficient (Wildman–Crippen LogP) is 2.32. The maximum absolute atomic E-state index is 12.0. The van der Waals surface area contributed by atoms with Crippen molar-refractivity contribution in [2.45, 2.75) is 19.9 Å². The molecular weight excluding hydrogens is 294 g/mol. The van der Waals surface area contributed by atoms with E-state index >= 15 is 0 Å². The fraction of sp³-hybridized carbons (Fsp3) is 0.294. The van der Waals surface area contributed by atoms with Gasteiger partial charge < -0.3 is 15.1 Å². The van der Waals surface area contributed by atoms with Gasteiger partial charge in [0.1, 0.15) is 5.76 Å². The highest BCUT2D eigenvalue weighted by Gasteiger charge is 2.11. The van der Waals surface area contributed by atoms with Crippen LogP contribution in [0.4, 0.5) is 5.69 Å². The van der Waals surface area contributed by atoms with Crippen LogP contribution in [-0.4, -0.2) is 24.9 Å². The van der Waals surface area contributed by atoms with Gasteiger partial charge in [-0.15, -0.1) is 0 Å². The molecule has 6 nitrogen and oxygen atoms in total. The average Bonchev–Trinajstić information content (AvgIpc) is 3.07. The van der Waals surface area contributed by atoms with E-state index < -0.39 is 0 Å². The molecule has 1 atom stereocenters. The largest absolute Gasteiger partial charge is 0.468 e. The number of carbonyl (C=O) groups is 2. The van der Waals surface area contributed by atoms with Gasteiger partial charge in [-0.05, 0) is 44.2 Å². The van der Waals surface area contributed by atoms with E-state index in [1.54, 1.807) is 36.6 Å². The summed E-state index contributed by atoms with van der Waals surface area (Å²) >= 11 is 0. The Hall–Kier alpha value is -2.60. The smallest absolute Gasteiger partial charge is 0.251 e. The van der Waals surface area contributed by atoms with E-state index in [4.69, 9.17) is 4.42 Å². The quantitative estimate of drug-likeness (QED) is 0.732. The highest BCUT2D eigenvalue weighted by Crippen LogP contribution is 2.13. The Labute approximate surface area is 135 Å². The van der Waals surface area contributed by atoms with Crippen LogP contribution in [0.25, 0.3) is 0 Å². The Morgan fingerprint density at radius 1 is 1.22 bits per heavy atom. The van der Waals surface area contributed by atoms with Crippen LogP contribution in [0.2, 0.25) is 0 Å². The summed E-state index contributed by atoms with van der Waals surface area (Å²) in [6, 6.07) is 10.4. The summed E-state index contributed by atoms with van der Waals surface area (Å²) in [6.07, 6.45) is 1.60. The third-order valence-corrected chi connectivity index (χ3v) is 3.28. The molecule has 0 aliphatic carbocycles. The van der Waals surface area contributed by atoms with Gasteiger partial charge in [0, 0.05) is 17.8 Å². The molecule has 0 aliphatic rings. The predicted molar refractivity (Wildman–Crippen MR) is 88.2 cm³/mol. The molecule has 3 N–H and O–H groups in total. The highest BCUT2D eigenvalue weighted by atomic mass is 16.3. The maximum atomic E-state index is 12.0. The number of hydrogen-bond donors (Lipinski definition) is 3. The van der Waals surface area contributed by atoms with Crippen LogP contribution in [0.15, 0.2) is 47.1 Å². The molecule has 0 unspecified atom stereocenters. The van der Waals surface area contributed by atoms with E-state index in [1.165, 1.54) is 0 Å². The number of nitrogens with one attached hydrogen (secondary N) is 3. The van der Waals surface area contributed by atoms with Crippen molar-refractivity contribution in [1.29, 1.82) is 0 Å². The molecule has 1 aromatic carbocycles. The summed E-state index contributed by atoms with van der Waals surface area (Å²) in [5.74, 6) is 0.431. The molecule has 0 spiro atoms. The topological polar surface area (TPSA) is 83.4 Å². The highest BCUT2D eigenvalue weighted by molar-refractivity contribution is 5.97. The van der Waals surface area contributed by atoms with Crippen molar-refractivity contribution in [2.75, 3.05) is 18.4 Å². The van der Waals surface area contributed by atoms with Crippen LogP contribution in [0.3, 0.4) is 0 Å². The van der Waals surface area contributed by atoms with Gasteiger partial charge >= 0.3 is 0 Å². The van der Waals surface area contributed by atoms with Gasteiger partial charge in [-0.2, -0.15) is 0 Å². The van der Waals surface area contributed by atoms with Crippen LogP contribution >= 0.6 is 0 Å². The lowest BCUT2D eigenvalue weighted by Gasteiger charge is -2.12. The van der Waals surface area contributed by atoms with E-state index in [1.807, 2.05) is 19.9 Å². The molecule has 0 saturated heterocycles. The Balaban J connectivity index is 1.87. The van der Waals surface area contributed by atoms with Gasteiger partial charge in [0.2, 0.25) is 5.91 Å². The number of benzene rings is 1. The lowest BCUT2D eigenvalue weighted by atomic mass is 10.2. The molecule has 0 bridgehead atoms. The van der Waals surface area contributed by atoms with Crippen LogP contribution in [-0.2, 0) is 4.79 Å².